The predicted molar refractivity (Wildman–Crippen MR) is 90.8 cm³/mol. The molecule has 1 N–H and O–H groups in total. The molecule has 0 bridgehead atoms. The van der Waals surface area contributed by atoms with Crippen LogP contribution in [0.1, 0.15) is 5.56 Å². The fourth-order valence-corrected chi connectivity index (χ4v) is 1.90. The van der Waals surface area contributed by atoms with Gasteiger partial charge in [0, 0.05) is 11.3 Å². The molecule has 0 unspecified atom stereocenters. The third-order valence-corrected chi connectivity index (χ3v) is 2.97. The molecule has 4 nitrogen and oxygen atoms in total. The number of rotatable bonds is 6. The fraction of sp³-hybridized carbons (Fsp3) is 0.0526. The smallest absolute Gasteiger partial charge is 0.266 e. The van der Waals surface area contributed by atoms with Gasteiger partial charge in [0.15, 0.2) is 0 Å². The number of amides is 1. The van der Waals surface area contributed by atoms with Crippen LogP contribution in [-0.2, 0) is 4.79 Å². The van der Waals surface area contributed by atoms with Crippen molar-refractivity contribution < 1.29 is 9.53 Å². The minimum atomic E-state index is -0.461. The highest BCUT2D eigenvalue weighted by molar-refractivity contribution is 6.09. The number of nitrogens with zero attached hydrogens (tertiary/aromatic N) is 1. The number of carbonyl (C=O) groups excluding carboxylic acids is 1. The van der Waals surface area contributed by atoms with Gasteiger partial charge in [-0.15, -0.1) is 0 Å². The Labute approximate surface area is 135 Å². The first-order valence-corrected chi connectivity index (χ1v) is 7.05. The van der Waals surface area contributed by atoms with Gasteiger partial charge >= 0.3 is 0 Å². The zero-order chi connectivity index (χ0) is 16.5. The van der Waals surface area contributed by atoms with Gasteiger partial charge in [0.2, 0.25) is 0 Å². The third kappa shape index (κ3) is 4.58. The molecule has 0 atom stereocenters. The van der Waals surface area contributed by atoms with Gasteiger partial charge in [-0.05, 0) is 24.3 Å². The molecule has 0 radical (unpaired) electrons. The Morgan fingerprint density at radius 1 is 1.17 bits per heavy atom. The highest BCUT2D eigenvalue weighted by atomic mass is 16.5. The number of nitrogens with one attached hydrogen (secondary N) is 1. The second kappa shape index (κ2) is 8.20. The van der Waals surface area contributed by atoms with E-state index in [1.165, 1.54) is 6.08 Å². The van der Waals surface area contributed by atoms with Crippen LogP contribution >= 0.6 is 0 Å². The summed E-state index contributed by atoms with van der Waals surface area (Å²) < 4.78 is 5.53. The second-order valence-electron chi connectivity index (χ2n) is 4.63. The lowest BCUT2D eigenvalue weighted by Gasteiger charge is -2.08. The molecular formula is C19H16N2O2. The molecule has 0 saturated heterocycles. The van der Waals surface area contributed by atoms with E-state index in [-0.39, 0.29) is 5.57 Å². The van der Waals surface area contributed by atoms with Gasteiger partial charge in [0.05, 0.1) is 0 Å². The molecular weight excluding hydrogens is 288 g/mol. The number of para-hydroxylation sites is 2. The van der Waals surface area contributed by atoms with Crippen LogP contribution in [-0.4, -0.2) is 12.5 Å². The Balaban J connectivity index is 2.23. The van der Waals surface area contributed by atoms with Crippen LogP contribution in [0.3, 0.4) is 0 Å². The molecule has 2 aromatic rings. The van der Waals surface area contributed by atoms with Crippen molar-refractivity contribution in [3.63, 3.8) is 0 Å². The molecule has 0 aromatic heterocycles. The summed E-state index contributed by atoms with van der Waals surface area (Å²) in [4.78, 5) is 12.2. The van der Waals surface area contributed by atoms with E-state index in [9.17, 15) is 10.1 Å². The maximum absolute atomic E-state index is 12.2. The molecule has 4 heteroatoms. The first kappa shape index (κ1) is 16.1. The molecule has 0 aliphatic rings. The van der Waals surface area contributed by atoms with Crippen molar-refractivity contribution in [3.8, 4) is 11.8 Å². The minimum absolute atomic E-state index is 0.00325. The summed E-state index contributed by atoms with van der Waals surface area (Å²) in [7, 11) is 0. The molecule has 0 heterocycles. The average molecular weight is 304 g/mol. The second-order valence-corrected chi connectivity index (χ2v) is 4.63. The molecule has 0 fully saturated rings. The van der Waals surface area contributed by atoms with Crippen molar-refractivity contribution in [2.45, 2.75) is 0 Å². The predicted octanol–water partition coefficient (Wildman–Crippen LogP) is 3.80. The van der Waals surface area contributed by atoms with Crippen LogP contribution in [0.15, 0.2) is 72.8 Å². The summed E-state index contributed by atoms with van der Waals surface area (Å²) in [5.74, 6) is 0.130. The maximum atomic E-state index is 12.2. The van der Waals surface area contributed by atoms with E-state index in [1.807, 2.05) is 36.4 Å². The fourth-order valence-electron chi connectivity index (χ4n) is 1.90. The SMILES string of the molecule is C=CCOc1ccccc1/C=C(\C#N)C(=O)Nc1ccccc1. The normalized spacial score (nSPS) is 10.5. The summed E-state index contributed by atoms with van der Waals surface area (Å²) in [6.45, 7) is 3.95. The van der Waals surface area contributed by atoms with E-state index in [1.54, 1.807) is 30.3 Å². The van der Waals surface area contributed by atoms with E-state index in [0.29, 0.717) is 23.6 Å². The number of anilines is 1. The van der Waals surface area contributed by atoms with Gasteiger partial charge in [-0.1, -0.05) is 49.1 Å². The summed E-state index contributed by atoms with van der Waals surface area (Å²) >= 11 is 0. The quantitative estimate of drug-likeness (QED) is 0.501. The highest BCUT2D eigenvalue weighted by Gasteiger charge is 2.11. The lowest BCUT2D eigenvalue weighted by molar-refractivity contribution is -0.112. The van der Waals surface area contributed by atoms with Crippen molar-refractivity contribution in [3.05, 3.63) is 78.4 Å². The highest BCUT2D eigenvalue weighted by Crippen LogP contribution is 2.21. The summed E-state index contributed by atoms with van der Waals surface area (Å²) in [5.41, 5.74) is 1.30. The molecule has 114 valence electrons. The van der Waals surface area contributed by atoms with Gasteiger partial charge in [-0.3, -0.25) is 4.79 Å². The van der Waals surface area contributed by atoms with Crippen molar-refractivity contribution >= 4 is 17.7 Å². The maximum Gasteiger partial charge on any atom is 0.266 e. The molecule has 2 rings (SSSR count). The lowest BCUT2D eigenvalue weighted by atomic mass is 10.1. The van der Waals surface area contributed by atoms with Gasteiger partial charge in [-0.2, -0.15) is 5.26 Å². The molecule has 0 aliphatic carbocycles. The Morgan fingerprint density at radius 2 is 1.87 bits per heavy atom. The van der Waals surface area contributed by atoms with Crippen molar-refractivity contribution in [2.75, 3.05) is 11.9 Å². The van der Waals surface area contributed by atoms with Crippen LogP contribution in [0.5, 0.6) is 5.75 Å². The number of hydrogen-bond acceptors (Lipinski definition) is 3. The first-order chi connectivity index (χ1) is 11.2. The van der Waals surface area contributed by atoms with Crippen LogP contribution in [0, 0.1) is 11.3 Å². The van der Waals surface area contributed by atoms with Crippen LogP contribution in [0.25, 0.3) is 6.08 Å². The van der Waals surface area contributed by atoms with E-state index in [2.05, 4.69) is 11.9 Å². The number of nitriles is 1. The molecule has 23 heavy (non-hydrogen) atoms. The third-order valence-electron chi connectivity index (χ3n) is 2.97. The summed E-state index contributed by atoms with van der Waals surface area (Å²) in [6.07, 6.45) is 3.14. The summed E-state index contributed by atoms with van der Waals surface area (Å²) in [6, 6.07) is 18.1. The molecule has 0 saturated carbocycles. The largest absolute Gasteiger partial charge is 0.489 e. The minimum Gasteiger partial charge on any atom is -0.489 e. The number of benzene rings is 2. The van der Waals surface area contributed by atoms with E-state index >= 15 is 0 Å². The monoisotopic (exact) mass is 304 g/mol. The zero-order valence-corrected chi connectivity index (χ0v) is 12.5. The number of ether oxygens (including phenoxy) is 1. The first-order valence-electron chi connectivity index (χ1n) is 7.05. The molecule has 0 spiro atoms. The van der Waals surface area contributed by atoms with E-state index < -0.39 is 5.91 Å². The van der Waals surface area contributed by atoms with Gasteiger partial charge in [-0.25, -0.2) is 0 Å². The average Bonchev–Trinajstić information content (AvgIpc) is 2.59. The van der Waals surface area contributed by atoms with Crippen molar-refractivity contribution in [1.82, 2.24) is 0 Å². The standard InChI is InChI=1S/C19H16N2O2/c1-2-12-23-18-11-7-6-8-15(18)13-16(14-20)19(22)21-17-9-4-3-5-10-17/h2-11,13H,1,12H2,(H,21,22)/b16-13+. The van der Waals surface area contributed by atoms with Crippen LogP contribution in [0.2, 0.25) is 0 Å². The van der Waals surface area contributed by atoms with Crippen molar-refractivity contribution in [2.24, 2.45) is 0 Å². The van der Waals surface area contributed by atoms with Crippen LogP contribution < -0.4 is 10.1 Å². The Morgan fingerprint density at radius 3 is 2.57 bits per heavy atom. The zero-order valence-electron chi connectivity index (χ0n) is 12.5. The Kier molecular flexibility index (Phi) is 5.73. The number of hydrogen-bond donors (Lipinski definition) is 1. The Hall–Kier alpha value is -3.32. The van der Waals surface area contributed by atoms with Crippen molar-refractivity contribution in [1.29, 1.82) is 5.26 Å². The van der Waals surface area contributed by atoms with Gasteiger partial charge < -0.3 is 10.1 Å². The topological polar surface area (TPSA) is 62.1 Å². The number of carbonyl (C=O) groups is 1. The van der Waals surface area contributed by atoms with Crippen LogP contribution in [0.4, 0.5) is 5.69 Å². The molecule has 0 aliphatic heterocycles. The summed E-state index contributed by atoms with van der Waals surface area (Å²) in [5, 5.41) is 12.0. The molecule has 1 amide bonds. The van der Waals surface area contributed by atoms with Gasteiger partial charge in [0.25, 0.3) is 5.91 Å². The molecule has 2 aromatic carbocycles. The Bertz CT molecular complexity index is 758. The lowest BCUT2D eigenvalue weighted by Crippen LogP contribution is -2.13. The van der Waals surface area contributed by atoms with E-state index in [4.69, 9.17) is 4.74 Å². The van der Waals surface area contributed by atoms with E-state index in [0.717, 1.165) is 0 Å². The van der Waals surface area contributed by atoms with Gasteiger partial charge in [0.1, 0.15) is 24.0 Å².